The third kappa shape index (κ3) is 3.47. The summed E-state index contributed by atoms with van der Waals surface area (Å²) in [6.45, 7) is 0.605. The van der Waals surface area contributed by atoms with Gasteiger partial charge in [-0.2, -0.15) is 0 Å². The van der Waals surface area contributed by atoms with Crippen LogP contribution in [0, 0.1) is 5.92 Å². The minimum atomic E-state index is -0.158. The van der Waals surface area contributed by atoms with E-state index in [1.54, 1.807) is 32.4 Å². The van der Waals surface area contributed by atoms with Crippen molar-refractivity contribution >= 4 is 5.91 Å². The lowest BCUT2D eigenvalue weighted by atomic mass is 9.84. The lowest BCUT2D eigenvalue weighted by Crippen LogP contribution is -2.44. The molecule has 1 saturated carbocycles. The summed E-state index contributed by atoms with van der Waals surface area (Å²) in [5, 5.41) is 3.11. The molecule has 0 radical (unpaired) electrons. The Labute approximate surface area is 125 Å². The van der Waals surface area contributed by atoms with Crippen molar-refractivity contribution in [3.63, 3.8) is 0 Å². The summed E-state index contributed by atoms with van der Waals surface area (Å²) in [6.07, 6.45) is 4.37. The highest BCUT2D eigenvalue weighted by atomic mass is 16.5. The third-order valence-corrected chi connectivity index (χ3v) is 4.18. The number of hydrogen-bond acceptors (Lipinski definition) is 4. The normalized spacial score (nSPS) is 21.7. The van der Waals surface area contributed by atoms with Gasteiger partial charge in [-0.05, 0) is 37.4 Å². The van der Waals surface area contributed by atoms with Gasteiger partial charge in [-0.1, -0.05) is 18.9 Å². The molecule has 0 bridgehead atoms. The van der Waals surface area contributed by atoms with Crippen molar-refractivity contribution < 1.29 is 14.3 Å². The van der Waals surface area contributed by atoms with Crippen molar-refractivity contribution in [2.45, 2.75) is 31.7 Å². The van der Waals surface area contributed by atoms with Crippen LogP contribution in [0.15, 0.2) is 18.2 Å². The maximum Gasteiger partial charge on any atom is 0.259 e. The second kappa shape index (κ2) is 7.31. The van der Waals surface area contributed by atoms with Gasteiger partial charge >= 0.3 is 0 Å². The molecule has 0 aliphatic heterocycles. The molecule has 21 heavy (non-hydrogen) atoms. The molecule has 0 saturated heterocycles. The molecule has 1 aliphatic carbocycles. The first-order valence-corrected chi connectivity index (χ1v) is 7.43. The SMILES string of the molecule is COc1cccc(OC)c1C(=O)NC1CCCCC1CN. The van der Waals surface area contributed by atoms with Crippen LogP contribution in [0.3, 0.4) is 0 Å². The molecule has 0 spiro atoms. The number of hydrogen-bond donors (Lipinski definition) is 2. The molecule has 1 fully saturated rings. The minimum Gasteiger partial charge on any atom is -0.496 e. The molecule has 1 aliphatic rings. The van der Waals surface area contributed by atoms with Gasteiger partial charge in [0.15, 0.2) is 0 Å². The first kappa shape index (κ1) is 15.6. The summed E-state index contributed by atoms with van der Waals surface area (Å²) in [4.78, 5) is 12.6. The van der Waals surface area contributed by atoms with Gasteiger partial charge in [-0.25, -0.2) is 0 Å². The Morgan fingerprint density at radius 3 is 2.43 bits per heavy atom. The number of benzene rings is 1. The van der Waals surface area contributed by atoms with Crippen molar-refractivity contribution in [2.75, 3.05) is 20.8 Å². The van der Waals surface area contributed by atoms with E-state index in [0.29, 0.717) is 29.5 Å². The number of rotatable bonds is 5. The molecule has 0 aromatic heterocycles. The molecule has 1 aromatic carbocycles. The van der Waals surface area contributed by atoms with Crippen LogP contribution in [0.25, 0.3) is 0 Å². The Bertz CT molecular complexity index is 468. The van der Waals surface area contributed by atoms with Crippen LogP contribution >= 0.6 is 0 Å². The van der Waals surface area contributed by atoms with E-state index < -0.39 is 0 Å². The van der Waals surface area contributed by atoms with E-state index in [4.69, 9.17) is 15.2 Å². The van der Waals surface area contributed by atoms with E-state index in [9.17, 15) is 4.79 Å². The van der Waals surface area contributed by atoms with Crippen LogP contribution in [0.1, 0.15) is 36.0 Å². The lowest BCUT2D eigenvalue weighted by molar-refractivity contribution is 0.0901. The first-order valence-electron chi connectivity index (χ1n) is 7.43. The van der Waals surface area contributed by atoms with Gasteiger partial charge in [0.1, 0.15) is 17.1 Å². The maximum absolute atomic E-state index is 12.6. The van der Waals surface area contributed by atoms with Gasteiger partial charge < -0.3 is 20.5 Å². The predicted molar refractivity (Wildman–Crippen MR) is 81.8 cm³/mol. The molecule has 1 amide bonds. The van der Waals surface area contributed by atoms with E-state index in [1.807, 2.05) is 0 Å². The van der Waals surface area contributed by atoms with Gasteiger partial charge in [0, 0.05) is 6.04 Å². The second-order valence-corrected chi connectivity index (χ2v) is 5.40. The zero-order chi connectivity index (χ0) is 15.2. The molecule has 5 heteroatoms. The largest absolute Gasteiger partial charge is 0.496 e. The second-order valence-electron chi connectivity index (χ2n) is 5.40. The first-order chi connectivity index (χ1) is 10.2. The zero-order valence-corrected chi connectivity index (χ0v) is 12.7. The quantitative estimate of drug-likeness (QED) is 0.870. The number of carbonyl (C=O) groups is 1. The van der Waals surface area contributed by atoms with Crippen LogP contribution in [0.2, 0.25) is 0 Å². The Morgan fingerprint density at radius 1 is 1.24 bits per heavy atom. The van der Waals surface area contributed by atoms with E-state index in [0.717, 1.165) is 19.3 Å². The van der Waals surface area contributed by atoms with Crippen molar-refractivity contribution in [1.29, 1.82) is 0 Å². The zero-order valence-electron chi connectivity index (χ0n) is 12.7. The number of nitrogens with one attached hydrogen (secondary N) is 1. The third-order valence-electron chi connectivity index (χ3n) is 4.18. The summed E-state index contributed by atoms with van der Waals surface area (Å²) < 4.78 is 10.6. The van der Waals surface area contributed by atoms with E-state index in [1.165, 1.54) is 6.42 Å². The Hall–Kier alpha value is -1.75. The van der Waals surface area contributed by atoms with Crippen LogP contribution < -0.4 is 20.5 Å². The average molecular weight is 292 g/mol. The number of nitrogens with two attached hydrogens (primary N) is 1. The molecule has 3 N–H and O–H groups in total. The maximum atomic E-state index is 12.6. The van der Waals surface area contributed by atoms with E-state index in [2.05, 4.69) is 5.32 Å². The summed E-state index contributed by atoms with van der Waals surface area (Å²) in [7, 11) is 3.10. The van der Waals surface area contributed by atoms with Crippen molar-refractivity contribution in [2.24, 2.45) is 11.7 Å². The molecule has 116 valence electrons. The number of methoxy groups -OCH3 is 2. The standard InChI is InChI=1S/C16H24N2O3/c1-20-13-8-5-9-14(21-2)15(13)16(19)18-12-7-4-3-6-11(12)10-17/h5,8-9,11-12H,3-4,6-7,10,17H2,1-2H3,(H,18,19). The van der Waals surface area contributed by atoms with Crippen molar-refractivity contribution in [3.05, 3.63) is 23.8 Å². The number of ether oxygens (including phenoxy) is 2. The minimum absolute atomic E-state index is 0.130. The van der Waals surface area contributed by atoms with Crippen LogP contribution in [0.4, 0.5) is 0 Å². The fraction of sp³-hybridized carbons (Fsp3) is 0.562. The van der Waals surface area contributed by atoms with Gasteiger partial charge in [0.05, 0.1) is 14.2 Å². The predicted octanol–water partition coefficient (Wildman–Crippen LogP) is 1.95. The molecule has 0 heterocycles. The van der Waals surface area contributed by atoms with Gasteiger partial charge in [-0.15, -0.1) is 0 Å². The van der Waals surface area contributed by atoms with Gasteiger partial charge in [0.2, 0.25) is 0 Å². The molecule has 1 aromatic rings. The smallest absolute Gasteiger partial charge is 0.259 e. The Morgan fingerprint density at radius 2 is 1.86 bits per heavy atom. The lowest BCUT2D eigenvalue weighted by Gasteiger charge is -2.31. The highest BCUT2D eigenvalue weighted by Gasteiger charge is 2.27. The van der Waals surface area contributed by atoms with Crippen molar-refractivity contribution in [3.8, 4) is 11.5 Å². The highest BCUT2D eigenvalue weighted by molar-refractivity contribution is 5.99. The molecular formula is C16H24N2O3. The molecule has 2 rings (SSSR count). The van der Waals surface area contributed by atoms with E-state index >= 15 is 0 Å². The molecule has 5 nitrogen and oxygen atoms in total. The topological polar surface area (TPSA) is 73.6 Å². The summed E-state index contributed by atoms with van der Waals surface area (Å²) in [6, 6.07) is 5.46. The Kier molecular flexibility index (Phi) is 5.44. The van der Waals surface area contributed by atoms with Gasteiger partial charge in [0.25, 0.3) is 5.91 Å². The van der Waals surface area contributed by atoms with E-state index in [-0.39, 0.29) is 11.9 Å². The average Bonchev–Trinajstić information content (AvgIpc) is 2.54. The fourth-order valence-electron chi connectivity index (χ4n) is 3.00. The van der Waals surface area contributed by atoms with Crippen LogP contribution in [-0.2, 0) is 0 Å². The monoisotopic (exact) mass is 292 g/mol. The van der Waals surface area contributed by atoms with Crippen LogP contribution in [-0.4, -0.2) is 32.7 Å². The number of amides is 1. The van der Waals surface area contributed by atoms with Gasteiger partial charge in [-0.3, -0.25) is 4.79 Å². The highest BCUT2D eigenvalue weighted by Crippen LogP contribution is 2.29. The number of carbonyl (C=O) groups excluding carboxylic acids is 1. The molecule has 2 atom stereocenters. The summed E-state index contributed by atoms with van der Waals surface area (Å²) in [5.41, 5.74) is 6.27. The fourth-order valence-corrected chi connectivity index (χ4v) is 3.00. The molecular weight excluding hydrogens is 268 g/mol. The van der Waals surface area contributed by atoms with Crippen LogP contribution in [0.5, 0.6) is 11.5 Å². The Balaban J connectivity index is 2.19. The summed E-state index contributed by atoms with van der Waals surface area (Å²) >= 11 is 0. The summed E-state index contributed by atoms with van der Waals surface area (Å²) in [5.74, 6) is 1.23. The van der Waals surface area contributed by atoms with Crippen molar-refractivity contribution in [1.82, 2.24) is 5.32 Å². The molecule has 2 unspecified atom stereocenters.